The Balaban J connectivity index is 0.000000232. The Hall–Kier alpha value is -4.92. The number of methoxy groups -OCH3 is 1. The van der Waals surface area contributed by atoms with Crippen molar-refractivity contribution in [1.29, 1.82) is 0 Å². The number of ether oxygens (including phenoxy) is 1. The molecule has 5 N–H and O–H groups in total. The molecular formula is C44H67N7O7S. The van der Waals surface area contributed by atoms with Gasteiger partial charge in [0.15, 0.2) is 0 Å². The molecule has 0 bridgehead atoms. The Morgan fingerprint density at radius 1 is 1.03 bits per heavy atom. The van der Waals surface area contributed by atoms with Crippen molar-refractivity contribution in [2.75, 3.05) is 32.6 Å². The molecule has 2 saturated carbocycles. The summed E-state index contributed by atoms with van der Waals surface area (Å²) < 4.78 is 33.2. The molecule has 3 unspecified atom stereocenters. The third kappa shape index (κ3) is 13.0. The minimum Gasteiger partial charge on any atom is -0.468 e. The van der Waals surface area contributed by atoms with E-state index in [0.29, 0.717) is 42.9 Å². The van der Waals surface area contributed by atoms with Crippen molar-refractivity contribution in [3.05, 3.63) is 66.2 Å². The van der Waals surface area contributed by atoms with Gasteiger partial charge in [0, 0.05) is 31.2 Å². The minimum atomic E-state index is -3.51. The molecule has 3 atom stereocenters. The second-order valence-electron chi connectivity index (χ2n) is 15.4. The zero-order valence-electron chi connectivity index (χ0n) is 36.3. The highest BCUT2D eigenvalue weighted by atomic mass is 32.2. The molecule has 326 valence electrons. The fourth-order valence-electron chi connectivity index (χ4n) is 7.04. The predicted molar refractivity (Wildman–Crippen MR) is 234 cm³/mol. The summed E-state index contributed by atoms with van der Waals surface area (Å²) in [5, 5.41) is 5.66. The van der Waals surface area contributed by atoms with Gasteiger partial charge in [-0.25, -0.2) is 8.42 Å². The van der Waals surface area contributed by atoms with Gasteiger partial charge in [-0.05, 0) is 95.9 Å². The van der Waals surface area contributed by atoms with Crippen LogP contribution in [-0.4, -0.2) is 84.5 Å². The summed E-state index contributed by atoms with van der Waals surface area (Å²) in [4.78, 5) is 53.0. The lowest BCUT2D eigenvalue weighted by atomic mass is 9.86. The Labute approximate surface area is 351 Å². The lowest BCUT2D eigenvalue weighted by Crippen LogP contribution is -2.50. The number of aromatic nitrogens is 2. The van der Waals surface area contributed by atoms with E-state index < -0.39 is 26.7 Å². The number of rotatable bonds is 15. The first kappa shape index (κ1) is 48.4. The molecule has 2 aromatic carbocycles. The van der Waals surface area contributed by atoms with Crippen molar-refractivity contribution in [3.8, 4) is 6.01 Å². The molecule has 59 heavy (non-hydrogen) atoms. The van der Waals surface area contributed by atoms with Crippen molar-refractivity contribution in [1.82, 2.24) is 24.5 Å². The smallest absolute Gasteiger partial charge is 0.297 e. The van der Waals surface area contributed by atoms with E-state index in [2.05, 4.69) is 53.3 Å². The van der Waals surface area contributed by atoms with E-state index in [1.807, 2.05) is 60.9 Å². The first-order chi connectivity index (χ1) is 28.2. The van der Waals surface area contributed by atoms with Crippen LogP contribution in [0.1, 0.15) is 122 Å². The highest BCUT2D eigenvalue weighted by molar-refractivity contribution is 7.91. The van der Waals surface area contributed by atoms with Gasteiger partial charge in [-0.3, -0.25) is 28.5 Å². The van der Waals surface area contributed by atoms with Crippen LogP contribution in [0.4, 0.5) is 5.69 Å². The van der Waals surface area contributed by atoms with Crippen molar-refractivity contribution in [3.63, 3.8) is 0 Å². The van der Waals surface area contributed by atoms with E-state index in [0.717, 1.165) is 36.9 Å². The molecule has 14 nitrogen and oxygen atoms in total. The van der Waals surface area contributed by atoms with E-state index in [4.69, 9.17) is 10.5 Å². The number of carbonyl (C=O) groups excluding carboxylic acids is 4. The zero-order chi connectivity index (χ0) is 43.8. The lowest BCUT2D eigenvalue weighted by Gasteiger charge is -2.37. The van der Waals surface area contributed by atoms with Crippen LogP contribution >= 0.6 is 0 Å². The number of hydrogen-bond acceptors (Lipinski definition) is 9. The number of allylic oxidation sites excluding steroid dienone is 2. The molecule has 0 spiro atoms. The number of hydrogen-bond donors (Lipinski definition) is 4. The molecule has 15 heteroatoms. The predicted octanol–water partition coefficient (Wildman–Crippen LogP) is 6.73. The quantitative estimate of drug-likeness (QED) is 0.0948. The van der Waals surface area contributed by atoms with E-state index in [-0.39, 0.29) is 42.1 Å². The van der Waals surface area contributed by atoms with Crippen LogP contribution < -0.4 is 25.8 Å². The van der Waals surface area contributed by atoms with E-state index in [9.17, 15) is 27.6 Å². The molecule has 1 aliphatic heterocycles. The first-order valence-electron chi connectivity index (χ1n) is 21.1. The van der Waals surface area contributed by atoms with Crippen LogP contribution in [0.15, 0.2) is 60.7 Å². The number of carbonyl (C=O) groups is 4. The number of nitrogens with zero attached hydrogens (tertiary/aromatic N) is 3. The molecule has 1 saturated heterocycles. The Kier molecular flexibility index (Phi) is 18.9. The third-order valence-electron chi connectivity index (χ3n) is 10.8. The number of primary amides is 1. The normalized spacial score (nSPS) is 18.9. The molecular weight excluding hydrogens is 771 g/mol. The van der Waals surface area contributed by atoms with Gasteiger partial charge in [-0.2, -0.15) is 4.98 Å². The molecule has 2 aliphatic carbocycles. The summed E-state index contributed by atoms with van der Waals surface area (Å²) in [5.74, 6) is -0.870. The molecule has 1 aromatic heterocycles. The van der Waals surface area contributed by atoms with Gasteiger partial charge >= 0.3 is 0 Å². The number of nitrogens with two attached hydrogens (primary N) is 1. The van der Waals surface area contributed by atoms with Crippen molar-refractivity contribution in [2.24, 2.45) is 17.6 Å². The SMILES string of the molecule is CC.CCCCC/C=C\C1CC1C(=O)NS(=O)(=O)C1(C)CCC1.CNC(=O)c1cccc2c1nc(OC)n2C(C)C.NC(=O)C1CCCN1C(=O)CNc1ccccc1. The average Bonchev–Trinajstić information content (AvgIpc) is 3.62. The molecule has 3 aromatic rings. The third-order valence-corrected chi connectivity index (χ3v) is 13.0. The van der Waals surface area contributed by atoms with Crippen LogP contribution in [0.3, 0.4) is 0 Å². The molecule has 3 aliphatic rings. The summed E-state index contributed by atoms with van der Waals surface area (Å²) in [7, 11) is -0.315. The maximum Gasteiger partial charge on any atom is 0.297 e. The first-order valence-corrected chi connectivity index (χ1v) is 22.5. The summed E-state index contributed by atoms with van der Waals surface area (Å²) in [6.07, 6.45) is 13.4. The maximum absolute atomic E-state index is 12.2. The number of amides is 4. The number of fused-ring (bicyclic) bond motifs is 1. The Morgan fingerprint density at radius 3 is 2.31 bits per heavy atom. The minimum absolute atomic E-state index is 0.0832. The van der Waals surface area contributed by atoms with Gasteiger partial charge in [0.2, 0.25) is 27.7 Å². The zero-order valence-corrected chi connectivity index (χ0v) is 37.1. The summed E-state index contributed by atoms with van der Waals surface area (Å²) in [6, 6.07) is 15.4. The summed E-state index contributed by atoms with van der Waals surface area (Å²) in [5.41, 5.74) is 8.31. The van der Waals surface area contributed by atoms with Gasteiger partial charge in [0.25, 0.3) is 11.9 Å². The maximum atomic E-state index is 12.2. The topological polar surface area (TPSA) is 195 Å². The van der Waals surface area contributed by atoms with E-state index in [1.54, 1.807) is 32.0 Å². The number of benzene rings is 2. The van der Waals surface area contributed by atoms with Crippen LogP contribution in [0.25, 0.3) is 11.0 Å². The van der Waals surface area contributed by atoms with Crippen LogP contribution in [-0.2, 0) is 24.4 Å². The van der Waals surface area contributed by atoms with Gasteiger partial charge in [-0.1, -0.05) is 76.5 Å². The van der Waals surface area contributed by atoms with Crippen LogP contribution in [0.5, 0.6) is 6.01 Å². The number of unbranched alkanes of at least 4 members (excludes halogenated alkanes) is 3. The van der Waals surface area contributed by atoms with E-state index >= 15 is 0 Å². The highest BCUT2D eigenvalue weighted by Crippen LogP contribution is 2.42. The van der Waals surface area contributed by atoms with E-state index in [1.165, 1.54) is 19.3 Å². The van der Waals surface area contributed by atoms with Gasteiger partial charge in [0.1, 0.15) is 11.6 Å². The van der Waals surface area contributed by atoms with Gasteiger partial charge in [-0.15, -0.1) is 0 Å². The second-order valence-corrected chi connectivity index (χ2v) is 17.6. The standard InChI is InChI=1S/C16H27NO3S.2C13H17N3O2.C2H6/c1-3-4-5-6-7-9-13-12-14(13)15(18)17-21(19,20)16(2)10-8-11-16;1-8(2)16-10-7-5-6-9(12(17)14-3)11(10)15-13(16)18-4;14-13(18)11-7-4-8-16(11)12(17)9-15-10-5-2-1-3-6-10;1-2/h7,9,13-14H,3-6,8,10-12H2,1-2H3,(H,17,18);5-8H,1-4H3,(H,14,17);1-3,5-6,11,15H,4,7-9H2,(H2,14,18);1-2H3/b9-7-;;;. The molecule has 3 fully saturated rings. The number of imidazole rings is 1. The average molecular weight is 838 g/mol. The number of sulfonamides is 1. The Bertz CT molecular complexity index is 1980. The largest absolute Gasteiger partial charge is 0.468 e. The molecule has 6 rings (SSSR count). The van der Waals surface area contributed by atoms with Crippen LogP contribution in [0.2, 0.25) is 0 Å². The van der Waals surface area contributed by atoms with Crippen molar-refractivity contribution in [2.45, 2.75) is 123 Å². The number of anilines is 1. The number of nitrogens with one attached hydrogen (secondary N) is 3. The van der Waals surface area contributed by atoms with Gasteiger partial charge in [0.05, 0.1) is 29.5 Å². The fraction of sp³-hybridized carbons (Fsp3) is 0.568. The van der Waals surface area contributed by atoms with Gasteiger partial charge < -0.3 is 26.0 Å². The number of likely N-dealkylation sites (tertiary alicyclic amines) is 1. The van der Waals surface area contributed by atoms with Crippen molar-refractivity contribution < 1.29 is 32.3 Å². The molecule has 4 amide bonds. The monoisotopic (exact) mass is 837 g/mol. The van der Waals surface area contributed by atoms with Crippen LogP contribution in [0, 0.1) is 11.8 Å². The lowest BCUT2D eigenvalue weighted by molar-refractivity contribution is -0.135. The van der Waals surface area contributed by atoms with Crippen molar-refractivity contribution >= 4 is 50.4 Å². The fourth-order valence-corrected chi connectivity index (χ4v) is 8.53. The molecule has 0 radical (unpaired) electrons. The highest BCUT2D eigenvalue weighted by Gasteiger charge is 2.48. The summed E-state index contributed by atoms with van der Waals surface area (Å²) >= 11 is 0. The second kappa shape index (κ2) is 23.0. The summed E-state index contributed by atoms with van der Waals surface area (Å²) in [6.45, 7) is 12.8. The molecule has 2 heterocycles. The number of para-hydroxylation sites is 2. The Morgan fingerprint density at radius 2 is 1.73 bits per heavy atom.